The summed E-state index contributed by atoms with van der Waals surface area (Å²) in [4.78, 5) is 10.9. The van der Waals surface area contributed by atoms with Crippen LogP contribution in [0.1, 0.15) is 24.5 Å². The summed E-state index contributed by atoms with van der Waals surface area (Å²) in [5.74, 6) is -0.0948. The van der Waals surface area contributed by atoms with Crippen molar-refractivity contribution >= 4 is 5.91 Å². The van der Waals surface area contributed by atoms with Crippen molar-refractivity contribution in [2.24, 2.45) is 5.73 Å². The van der Waals surface area contributed by atoms with Gasteiger partial charge in [0.05, 0.1) is 6.54 Å². The molecule has 0 atom stereocenters. The van der Waals surface area contributed by atoms with Crippen molar-refractivity contribution in [3.05, 3.63) is 35.4 Å². The van der Waals surface area contributed by atoms with Crippen LogP contribution in [-0.2, 0) is 17.6 Å². The highest BCUT2D eigenvalue weighted by molar-refractivity contribution is 5.77. The summed E-state index contributed by atoms with van der Waals surface area (Å²) < 4.78 is 0. The third-order valence-electron chi connectivity index (χ3n) is 2.48. The van der Waals surface area contributed by atoms with E-state index in [4.69, 9.17) is 5.73 Å². The van der Waals surface area contributed by atoms with E-state index in [1.54, 1.807) is 0 Å². The van der Waals surface area contributed by atoms with Gasteiger partial charge in [-0.2, -0.15) is 0 Å². The quantitative estimate of drug-likeness (QED) is 0.758. The van der Waals surface area contributed by atoms with Crippen LogP contribution in [0.25, 0.3) is 0 Å². The minimum Gasteiger partial charge on any atom is -0.355 e. The molecule has 1 aromatic carbocycles. The molecular formula is C13H20N2O. The Labute approximate surface area is 97.0 Å². The molecule has 1 amide bonds. The van der Waals surface area contributed by atoms with E-state index in [1.165, 1.54) is 17.5 Å². The summed E-state index contributed by atoms with van der Waals surface area (Å²) in [5.41, 5.74) is 7.81. The van der Waals surface area contributed by atoms with Crippen molar-refractivity contribution < 1.29 is 4.79 Å². The molecule has 0 aliphatic rings. The molecule has 0 spiro atoms. The van der Waals surface area contributed by atoms with Gasteiger partial charge in [0.15, 0.2) is 0 Å². The van der Waals surface area contributed by atoms with Gasteiger partial charge in [-0.15, -0.1) is 0 Å². The summed E-state index contributed by atoms with van der Waals surface area (Å²) in [6, 6.07) is 8.56. The third kappa shape index (κ3) is 4.45. The largest absolute Gasteiger partial charge is 0.355 e. The summed E-state index contributed by atoms with van der Waals surface area (Å²) in [5, 5.41) is 2.76. The van der Waals surface area contributed by atoms with Gasteiger partial charge < -0.3 is 11.1 Å². The van der Waals surface area contributed by atoms with Crippen molar-refractivity contribution in [1.29, 1.82) is 0 Å². The molecule has 3 N–H and O–H groups in total. The number of carbonyl (C=O) groups is 1. The first-order chi connectivity index (χ1) is 7.76. The van der Waals surface area contributed by atoms with Gasteiger partial charge in [-0.3, -0.25) is 4.79 Å². The molecule has 1 rings (SSSR count). The van der Waals surface area contributed by atoms with Crippen molar-refractivity contribution in [3.8, 4) is 0 Å². The molecule has 0 saturated carbocycles. The summed E-state index contributed by atoms with van der Waals surface area (Å²) in [6.45, 7) is 2.90. The number of amides is 1. The number of rotatable bonds is 6. The van der Waals surface area contributed by atoms with Gasteiger partial charge in [-0.1, -0.05) is 37.6 Å². The Morgan fingerprint density at radius 3 is 2.25 bits per heavy atom. The third-order valence-corrected chi connectivity index (χ3v) is 2.48. The van der Waals surface area contributed by atoms with Gasteiger partial charge in [-0.25, -0.2) is 0 Å². The van der Waals surface area contributed by atoms with Crippen LogP contribution in [0.2, 0.25) is 0 Å². The van der Waals surface area contributed by atoms with Gasteiger partial charge in [0.2, 0.25) is 5.91 Å². The van der Waals surface area contributed by atoms with Gasteiger partial charge in [0, 0.05) is 6.54 Å². The maximum atomic E-state index is 10.9. The number of carbonyl (C=O) groups excluding carboxylic acids is 1. The first-order valence-corrected chi connectivity index (χ1v) is 5.81. The molecule has 0 heterocycles. The highest BCUT2D eigenvalue weighted by atomic mass is 16.1. The van der Waals surface area contributed by atoms with E-state index in [1.807, 2.05) is 0 Å². The monoisotopic (exact) mass is 220 g/mol. The Morgan fingerprint density at radius 2 is 1.75 bits per heavy atom. The molecular weight excluding hydrogens is 200 g/mol. The lowest BCUT2D eigenvalue weighted by Gasteiger charge is -2.05. The average molecular weight is 220 g/mol. The fourth-order valence-corrected chi connectivity index (χ4v) is 1.58. The van der Waals surface area contributed by atoms with E-state index in [0.717, 1.165) is 12.8 Å². The number of benzene rings is 1. The van der Waals surface area contributed by atoms with Crippen LogP contribution < -0.4 is 11.1 Å². The Bertz CT molecular complexity index is 319. The van der Waals surface area contributed by atoms with Crippen molar-refractivity contribution in [2.75, 3.05) is 13.1 Å². The molecule has 3 nitrogen and oxygen atoms in total. The molecule has 16 heavy (non-hydrogen) atoms. The van der Waals surface area contributed by atoms with E-state index in [0.29, 0.717) is 6.54 Å². The van der Waals surface area contributed by atoms with E-state index >= 15 is 0 Å². The molecule has 0 saturated heterocycles. The van der Waals surface area contributed by atoms with Gasteiger partial charge in [-0.05, 0) is 24.0 Å². The highest BCUT2D eigenvalue weighted by Crippen LogP contribution is 2.06. The minimum absolute atomic E-state index is 0.0649. The lowest BCUT2D eigenvalue weighted by Crippen LogP contribution is -2.31. The van der Waals surface area contributed by atoms with E-state index in [2.05, 4.69) is 36.5 Å². The normalized spacial score (nSPS) is 10.1. The zero-order valence-corrected chi connectivity index (χ0v) is 9.83. The number of aryl methyl sites for hydroxylation is 1. The zero-order chi connectivity index (χ0) is 11.8. The van der Waals surface area contributed by atoms with E-state index in [9.17, 15) is 4.79 Å². The number of nitrogens with one attached hydrogen (secondary N) is 1. The summed E-state index contributed by atoms with van der Waals surface area (Å²) in [6.07, 6.45) is 3.16. The standard InChI is InChI=1S/C13H20N2O/c1-2-3-11-4-6-12(7-5-11)8-9-15-13(16)10-14/h4-7H,2-3,8-10,14H2,1H3,(H,15,16). The topological polar surface area (TPSA) is 55.1 Å². The molecule has 3 heteroatoms. The number of hydrogen-bond donors (Lipinski definition) is 2. The summed E-state index contributed by atoms with van der Waals surface area (Å²) >= 11 is 0. The molecule has 0 aliphatic carbocycles. The molecule has 0 bridgehead atoms. The highest BCUT2D eigenvalue weighted by Gasteiger charge is 1.97. The van der Waals surface area contributed by atoms with Gasteiger partial charge >= 0.3 is 0 Å². The SMILES string of the molecule is CCCc1ccc(CCNC(=O)CN)cc1. The second-order valence-electron chi connectivity index (χ2n) is 3.87. The molecule has 0 unspecified atom stereocenters. The maximum absolute atomic E-state index is 10.9. The van der Waals surface area contributed by atoms with Gasteiger partial charge in [0.25, 0.3) is 0 Å². The predicted molar refractivity (Wildman–Crippen MR) is 66.2 cm³/mol. The van der Waals surface area contributed by atoms with Crippen molar-refractivity contribution in [2.45, 2.75) is 26.2 Å². The van der Waals surface area contributed by atoms with Crippen molar-refractivity contribution in [3.63, 3.8) is 0 Å². The van der Waals surface area contributed by atoms with Gasteiger partial charge in [0.1, 0.15) is 0 Å². The van der Waals surface area contributed by atoms with E-state index in [-0.39, 0.29) is 12.5 Å². The lowest BCUT2D eigenvalue weighted by atomic mass is 10.1. The molecule has 88 valence electrons. The second-order valence-corrected chi connectivity index (χ2v) is 3.87. The molecule has 1 aromatic rings. The Balaban J connectivity index is 2.34. The smallest absolute Gasteiger partial charge is 0.233 e. The molecule has 0 radical (unpaired) electrons. The Morgan fingerprint density at radius 1 is 1.19 bits per heavy atom. The first-order valence-electron chi connectivity index (χ1n) is 5.81. The first kappa shape index (κ1) is 12.7. The van der Waals surface area contributed by atoms with Crippen LogP contribution in [0.15, 0.2) is 24.3 Å². The molecule has 0 aliphatic heterocycles. The fourth-order valence-electron chi connectivity index (χ4n) is 1.58. The maximum Gasteiger partial charge on any atom is 0.233 e. The molecule has 0 fully saturated rings. The fraction of sp³-hybridized carbons (Fsp3) is 0.462. The number of nitrogens with two attached hydrogens (primary N) is 1. The minimum atomic E-state index is -0.0948. The predicted octanol–water partition coefficient (Wildman–Crippen LogP) is 1.26. The Hall–Kier alpha value is -1.35. The Kier molecular flexibility index (Phi) is 5.57. The second kappa shape index (κ2) is 7.01. The van der Waals surface area contributed by atoms with Crippen LogP contribution in [0.3, 0.4) is 0 Å². The van der Waals surface area contributed by atoms with Crippen LogP contribution in [0, 0.1) is 0 Å². The average Bonchev–Trinajstić information content (AvgIpc) is 2.31. The lowest BCUT2D eigenvalue weighted by molar-refractivity contribution is -0.119. The summed E-state index contributed by atoms with van der Waals surface area (Å²) in [7, 11) is 0. The van der Waals surface area contributed by atoms with Crippen LogP contribution in [0.4, 0.5) is 0 Å². The van der Waals surface area contributed by atoms with Crippen molar-refractivity contribution in [1.82, 2.24) is 5.32 Å². The number of hydrogen-bond acceptors (Lipinski definition) is 2. The van der Waals surface area contributed by atoms with Crippen LogP contribution in [0.5, 0.6) is 0 Å². The van der Waals surface area contributed by atoms with Crippen LogP contribution in [-0.4, -0.2) is 19.0 Å². The molecule has 0 aromatic heterocycles. The van der Waals surface area contributed by atoms with E-state index < -0.39 is 0 Å². The van der Waals surface area contributed by atoms with Crippen LogP contribution >= 0.6 is 0 Å². The zero-order valence-electron chi connectivity index (χ0n) is 9.83.